The van der Waals surface area contributed by atoms with Crippen LogP contribution < -0.4 is 5.32 Å². The van der Waals surface area contributed by atoms with Crippen LogP contribution in [0.25, 0.3) is 0 Å². The van der Waals surface area contributed by atoms with E-state index in [1.807, 2.05) is 18.2 Å². The highest BCUT2D eigenvalue weighted by Gasteiger charge is 2.04. The van der Waals surface area contributed by atoms with E-state index in [1.165, 1.54) is 0 Å². The lowest BCUT2D eigenvalue weighted by Gasteiger charge is -2.11. The maximum atomic E-state index is 11.2. The highest BCUT2D eigenvalue weighted by Crippen LogP contribution is 2.21. The Kier molecular flexibility index (Phi) is 5.29. The van der Waals surface area contributed by atoms with E-state index in [0.29, 0.717) is 16.7 Å². The molecule has 0 amide bonds. The minimum atomic E-state index is -0.860. The first kappa shape index (κ1) is 13.5. The van der Waals surface area contributed by atoms with Crippen LogP contribution >= 0.6 is 11.6 Å². The molecule has 2 nitrogen and oxygen atoms in total. The molecule has 1 rings (SSSR count). The van der Waals surface area contributed by atoms with E-state index in [0.717, 1.165) is 17.8 Å². The zero-order valence-corrected chi connectivity index (χ0v) is 11.5. The van der Waals surface area contributed by atoms with Crippen LogP contribution in [0.5, 0.6) is 0 Å². The number of anilines is 1. The standard InChI is InChI=1S/C12H18ClNOS/c1-9(2)7-14-11-4-5-12(13)10(6-11)8-16(3)15/h4-6,9,14H,7-8H2,1-3H3. The average molecular weight is 260 g/mol. The van der Waals surface area contributed by atoms with E-state index in [1.54, 1.807) is 6.26 Å². The molecule has 0 fully saturated rings. The van der Waals surface area contributed by atoms with Crippen LogP contribution in [0.1, 0.15) is 19.4 Å². The quantitative estimate of drug-likeness (QED) is 0.879. The Morgan fingerprint density at radius 1 is 1.44 bits per heavy atom. The first-order chi connectivity index (χ1) is 7.49. The van der Waals surface area contributed by atoms with Gasteiger partial charge in [0, 0.05) is 40.1 Å². The first-order valence-electron chi connectivity index (χ1n) is 5.31. The summed E-state index contributed by atoms with van der Waals surface area (Å²) in [6.07, 6.45) is 1.69. The molecule has 16 heavy (non-hydrogen) atoms. The summed E-state index contributed by atoms with van der Waals surface area (Å²) >= 11 is 6.04. The Bertz CT molecular complexity index is 379. The van der Waals surface area contributed by atoms with Gasteiger partial charge in [-0.3, -0.25) is 4.21 Å². The van der Waals surface area contributed by atoms with Gasteiger partial charge in [-0.2, -0.15) is 0 Å². The lowest BCUT2D eigenvalue weighted by molar-refractivity contribution is 0.686. The van der Waals surface area contributed by atoms with Crippen LogP contribution in [0.15, 0.2) is 18.2 Å². The monoisotopic (exact) mass is 259 g/mol. The molecule has 0 bridgehead atoms. The van der Waals surface area contributed by atoms with Gasteiger partial charge in [0.25, 0.3) is 0 Å². The molecular formula is C12H18ClNOS. The van der Waals surface area contributed by atoms with Crippen LogP contribution in [0, 0.1) is 5.92 Å². The molecule has 0 saturated carbocycles. The molecule has 0 heterocycles. The smallest absolute Gasteiger partial charge is 0.0498 e. The number of hydrogen-bond donors (Lipinski definition) is 1. The van der Waals surface area contributed by atoms with Crippen molar-refractivity contribution in [1.29, 1.82) is 0 Å². The first-order valence-corrected chi connectivity index (χ1v) is 7.42. The Morgan fingerprint density at radius 2 is 2.12 bits per heavy atom. The molecule has 0 radical (unpaired) electrons. The molecule has 0 saturated heterocycles. The summed E-state index contributed by atoms with van der Waals surface area (Å²) in [6, 6.07) is 5.78. The van der Waals surface area contributed by atoms with Gasteiger partial charge in [-0.25, -0.2) is 0 Å². The number of halogens is 1. The van der Waals surface area contributed by atoms with E-state index < -0.39 is 10.8 Å². The lowest BCUT2D eigenvalue weighted by Crippen LogP contribution is -2.08. The van der Waals surface area contributed by atoms with Gasteiger partial charge in [0.15, 0.2) is 0 Å². The van der Waals surface area contributed by atoms with Crippen molar-refractivity contribution in [3.63, 3.8) is 0 Å². The normalized spacial score (nSPS) is 12.8. The summed E-state index contributed by atoms with van der Waals surface area (Å²) in [6.45, 7) is 5.24. The van der Waals surface area contributed by atoms with Crippen molar-refractivity contribution in [2.45, 2.75) is 19.6 Å². The van der Waals surface area contributed by atoms with E-state index in [9.17, 15) is 4.21 Å². The lowest BCUT2D eigenvalue weighted by atomic mass is 10.2. The fourth-order valence-electron chi connectivity index (χ4n) is 1.34. The molecule has 1 atom stereocenters. The maximum Gasteiger partial charge on any atom is 0.0498 e. The Balaban J connectivity index is 2.76. The highest BCUT2D eigenvalue weighted by molar-refractivity contribution is 7.83. The minimum absolute atomic E-state index is 0.510. The summed E-state index contributed by atoms with van der Waals surface area (Å²) in [7, 11) is -0.860. The van der Waals surface area contributed by atoms with Gasteiger partial charge in [0.2, 0.25) is 0 Å². The minimum Gasteiger partial charge on any atom is -0.385 e. The van der Waals surface area contributed by atoms with Crippen molar-refractivity contribution >= 4 is 28.1 Å². The largest absolute Gasteiger partial charge is 0.385 e. The highest BCUT2D eigenvalue weighted by atomic mass is 35.5. The molecule has 0 aliphatic rings. The molecule has 1 aromatic carbocycles. The number of nitrogens with one attached hydrogen (secondary N) is 1. The molecule has 0 aliphatic carbocycles. The molecule has 0 aliphatic heterocycles. The Morgan fingerprint density at radius 3 is 2.69 bits per heavy atom. The van der Waals surface area contributed by atoms with Gasteiger partial charge in [-0.15, -0.1) is 0 Å². The summed E-state index contributed by atoms with van der Waals surface area (Å²) in [5.41, 5.74) is 1.98. The predicted octanol–water partition coefficient (Wildman–Crippen LogP) is 3.29. The van der Waals surface area contributed by atoms with E-state index >= 15 is 0 Å². The number of hydrogen-bond acceptors (Lipinski definition) is 2. The van der Waals surface area contributed by atoms with Gasteiger partial charge in [-0.1, -0.05) is 25.4 Å². The molecule has 1 unspecified atom stereocenters. The summed E-state index contributed by atoms with van der Waals surface area (Å²) < 4.78 is 11.2. The number of rotatable bonds is 5. The maximum absolute atomic E-state index is 11.2. The fraction of sp³-hybridized carbons (Fsp3) is 0.500. The van der Waals surface area contributed by atoms with E-state index in [2.05, 4.69) is 19.2 Å². The predicted molar refractivity (Wildman–Crippen MR) is 72.6 cm³/mol. The average Bonchev–Trinajstić information content (AvgIpc) is 2.18. The van der Waals surface area contributed by atoms with Crippen LogP contribution in [-0.2, 0) is 16.6 Å². The molecule has 0 spiro atoms. The summed E-state index contributed by atoms with van der Waals surface area (Å²) in [5.74, 6) is 1.11. The second kappa shape index (κ2) is 6.26. The molecule has 1 N–H and O–H groups in total. The van der Waals surface area contributed by atoms with Gasteiger partial charge in [0.05, 0.1) is 0 Å². The second-order valence-corrected chi connectivity index (χ2v) is 6.14. The van der Waals surface area contributed by atoms with E-state index in [-0.39, 0.29) is 0 Å². The third-order valence-electron chi connectivity index (χ3n) is 2.12. The molecule has 1 aromatic rings. The van der Waals surface area contributed by atoms with Crippen molar-refractivity contribution < 1.29 is 4.21 Å². The van der Waals surface area contributed by atoms with Crippen LogP contribution in [0.4, 0.5) is 5.69 Å². The summed E-state index contributed by atoms with van der Waals surface area (Å²) in [4.78, 5) is 0. The van der Waals surface area contributed by atoms with Gasteiger partial charge < -0.3 is 5.32 Å². The van der Waals surface area contributed by atoms with Crippen LogP contribution in [0.2, 0.25) is 5.02 Å². The second-order valence-electron chi connectivity index (χ2n) is 4.30. The van der Waals surface area contributed by atoms with Crippen molar-refractivity contribution in [2.75, 3.05) is 18.1 Å². The Hall–Kier alpha value is -0.540. The summed E-state index contributed by atoms with van der Waals surface area (Å²) in [5, 5.41) is 4.01. The van der Waals surface area contributed by atoms with Gasteiger partial charge in [0.1, 0.15) is 0 Å². The fourth-order valence-corrected chi connectivity index (χ4v) is 2.28. The zero-order chi connectivity index (χ0) is 12.1. The van der Waals surface area contributed by atoms with Gasteiger partial charge >= 0.3 is 0 Å². The molecule has 0 aromatic heterocycles. The van der Waals surface area contributed by atoms with Crippen LogP contribution in [-0.4, -0.2) is 17.0 Å². The zero-order valence-electron chi connectivity index (χ0n) is 9.92. The third kappa shape index (κ3) is 4.54. The van der Waals surface area contributed by atoms with Gasteiger partial charge in [-0.05, 0) is 29.7 Å². The SMILES string of the molecule is CC(C)CNc1ccc(Cl)c(CS(C)=O)c1. The topological polar surface area (TPSA) is 29.1 Å². The molecule has 90 valence electrons. The molecular weight excluding hydrogens is 242 g/mol. The molecule has 4 heteroatoms. The van der Waals surface area contributed by atoms with E-state index in [4.69, 9.17) is 11.6 Å². The van der Waals surface area contributed by atoms with Crippen LogP contribution in [0.3, 0.4) is 0 Å². The van der Waals surface area contributed by atoms with Crippen molar-refractivity contribution in [2.24, 2.45) is 5.92 Å². The van der Waals surface area contributed by atoms with Crippen molar-refractivity contribution in [3.8, 4) is 0 Å². The third-order valence-corrected chi connectivity index (χ3v) is 3.21. The number of benzene rings is 1. The van der Waals surface area contributed by atoms with Crippen molar-refractivity contribution in [1.82, 2.24) is 0 Å². The van der Waals surface area contributed by atoms with Crippen molar-refractivity contribution in [3.05, 3.63) is 28.8 Å². The Labute approximate surface area is 105 Å².